The Morgan fingerprint density at radius 2 is 2.19 bits per heavy atom. The summed E-state index contributed by atoms with van der Waals surface area (Å²) in [6.45, 7) is 1.92. The summed E-state index contributed by atoms with van der Waals surface area (Å²) in [5.41, 5.74) is 0.900. The molecule has 0 amide bonds. The normalized spacial score (nSPS) is 10.4. The van der Waals surface area contributed by atoms with Crippen molar-refractivity contribution in [1.82, 2.24) is 30.2 Å². The van der Waals surface area contributed by atoms with Gasteiger partial charge in [-0.15, -0.1) is 5.10 Å². The van der Waals surface area contributed by atoms with E-state index in [1.807, 2.05) is 13.0 Å². The monoisotopic (exact) mass is 237 g/mol. The van der Waals surface area contributed by atoms with Crippen LogP contribution in [0.15, 0.2) is 16.2 Å². The fourth-order valence-corrected chi connectivity index (χ4v) is 1.90. The van der Waals surface area contributed by atoms with Crippen molar-refractivity contribution >= 4 is 17.7 Å². The minimum atomic E-state index is 0.595. The first-order valence-electron chi connectivity index (χ1n) is 4.62. The molecule has 0 bridgehead atoms. The maximum Gasteiger partial charge on any atom is 0.223 e. The van der Waals surface area contributed by atoms with Gasteiger partial charge in [0.05, 0.1) is 0 Å². The maximum atomic E-state index is 4.30. The van der Waals surface area contributed by atoms with Crippen LogP contribution in [0.3, 0.4) is 0 Å². The standard InChI is InChI=1S/C8H11N7S/c1-5-4-6(11-7(9-2)10-5)16-8-12-13-14-15(8)3/h4H,1-3H3,(H,9,10,11). The molecular weight excluding hydrogens is 226 g/mol. The Morgan fingerprint density at radius 3 is 2.81 bits per heavy atom. The summed E-state index contributed by atoms with van der Waals surface area (Å²) >= 11 is 1.40. The van der Waals surface area contributed by atoms with Crippen molar-refractivity contribution in [2.75, 3.05) is 12.4 Å². The van der Waals surface area contributed by atoms with E-state index >= 15 is 0 Å². The van der Waals surface area contributed by atoms with Crippen molar-refractivity contribution in [1.29, 1.82) is 0 Å². The van der Waals surface area contributed by atoms with Crippen molar-refractivity contribution in [2.24, 2.45) is 7.05 Å². The Kier molecular flexibility index (Phi) is 3.00. The molecule has 84 valence electrons. The molecule has 2 rings (SSSR count). The third kappa shape index (κ3) is 2.27. The van der Waals surface area contributed by atoms with Crippen molar-refractivity contribution in [2.45, 2.75) is 17.1 Å². The zero-order valence-corrected chi connectivity index (χ0v) is 9.99. The molecule has 0 saturated carbocycles. The zero-order valence-electron chi connectivity index (χ0n) is 9.17. The van der Waals surface area contributed by atoms with Gasteiger partial charge < -0.3 is 5.32 Å². The molecule has 0 aliphatic heterocycles. The van der Waals surface area contributed by atoms with Gasteiger partial charge in [-0.1, -0.05) is 0 Å². The van der Waals surface area contributed by atoms with Crippen LogP contribution in [-0.4, -0.2) is 37.2 Å². The second kappa shape index (κ2) is 4.44. The predicted octanol–water partition coefficient (Wildman–Crippen LogP) is 0.501. The van der Waals surface area contributed by atoms with Crippen molar-refractivity contribution < 1.29 is 0 Å². The lowest BCUT2D eigenvalue weighted by Crippen LogP contribution is -1.99. The lowest BCUT2D eigenvalue weighted by atomic mass is 10.5. The van der Waals surface area contributed by atoms with Crippen LogP contribution in [0.4, 0.5) is 5.95 Å². The first-order valence-corrected chi connectivity index (χ1v) is 5.44. The van der Waals surface area contributed by atoms with Gasteiger partial charge in [-0.3, -0.25) is 0 Å². The Hall–Kier alpha value is -1.70. The topological polar surface area (TPSA) is 81.4 Å². The molecule has 2 heterocycles. The van der Waals surface area contributed by atoms with Gasteiger partial charge in [-0.25, -0.2) is 14.6 Å². The summed E-state index contributed by atoms with van der Waals surface area (Å²) in [7, 11) is 3.57. The summed E-state index contributed by atoms with van der Waals surface area (Å²) < 4.78 is 1.60. The molecule has 0 unspecified atom stereocenters. The number of anilines is 1. The number of hydrogen-bond donors (Lipinski definition) is 1. The number of tetrazole rings is 1. The summed E-state index contributed by atoms with van der Waals surface area (Å²) in [6.07, 6.45) is 0. The third-order valence-electron chi connectivity index (χ3n) is 1.83. The number of nitrogens with one attached hydrogen (secondary N) is 1. The van der Waals surface area contributed by atoms with Gasteiger partial charge in [-0.05, 0) is 35.2 Å². The molecule has 0 saturated heterocycles. The van der Waals surface area contributed by atoms with Crippen molar-refractivity contribution in [3.63, 3.8) is 0 Å². The summed E-state index contributed by atoms with van der Waals surface area (Å²) in [5, 5.41) is 15.6. The van der Waals surface area contributed by atoms with E-state index in [0.717, 1.165) is 10.7 Å². The number of nitrogens with zero attached hydrogens (tertiary/aromatic N) is 6. The second-order valence-corrected chi connectivity index (χ2v) is 4.10. The van der Waals surface area contributed by atoms with E-state index in [-0.39, 0.29) is 0 Å². The minimum absolute atomic E-state index is 0.595. The predicted molar refractivity (Wildman–Crippen MR) is 59.2 cm³/mol. The Balaban J connectivity index is 2.28. The lowest BCUT2D eigenvalue weighted by Gasteiger charge is -2.03. The quantitative estimate of drug-likeness (QED) is 0.778. The van der Waals surface area contributed by atoms with Crippen LogP contribution < -0.4 is 5.32 Å². The molecule has 7 nitrogen and oxygen atoms in total. The first kappa shape index (κ1) is 10.8. The lowest BCUT2D eigenvalue weighted by molar-refractivity contribution is 0.664. The van der Waals surface area contributed by atoms with Gasteiger partial charge in [0.25, 0.3) is 0 Å². The van der Waals surface area contributed by atoms with Gasteiger partial charge >= 0.3 is 0 Å². The summed E-state index contributed by atoms with van der Waals surface area (Å²) in [6, 6.07) is 1.89. The average molecular weight is 237 g/mol. The zero-order chi connectivity index (χ0) is 11.5. The molecule has 0 spiro atoms. The van der Waals surface area contributed by atoms with Crippen LogP contribution in [0.25, 0.3) is 0 Å². The Labute approximate surface area is 96.7 Å². The summed E-state index contributed by atoms with van der Waals surface area (Å²) in [5.74, 6) is 0.595. The van der Waals surface area contributed by atoms with Crippen molar-refractivity contribution in [3.05, 3.63) is 11.8 Å². The highest BCUT2D eigenvalue weighted by Crippen LogP contribution is 2.23. The second-order valence-electron chi connectivity index (χ2n) is 3.11. The number of hydrogen-bond acceptors (Lipinski definition) is 7. The smallest absolute Gasteiger partial charge is 0.223 e. The third-order valence-corrected chi connectivity index (χ3v) is 2.78. The van der Waals surface area contributed by atoms with E-state index in [1.165, 1.54) is 11.8 Å². The Bertz CT molecular complexity index is 495. The van der Waals surface area contributed by atoms with Crippen LogP contribution >= 0.6 is 11.8 Å². The van der Waals surface area contributed by atoms with E-state index in [1.54, 1.807) is 18.8 Å². The fraction of sp³-hybridized carbons (Fsp3) is 0.375. The molecule has 0 aliphatic carbocycles. The molecule has 0 radical (unpaired) electrons. The molecule has 0 aliphatic rings. The highest BCUT2D eigenvalue weighted by molar-refractivity contribution is 7.99. The summed E-state index contributed by atoms with van der Waals surface area (Å²) in [4.78, 5) is 8.51. The molecule has 0 aromatic carbocycles. The van der Waals surface area contributed by atoms with Gasteiger partial charge in [0.15, 0.2) is 0 Å². The van der Waals surface area contributed by atoms with Gasteiger partial charge in [0.2, 0.25) is 11.1 Å². The molecule has 0 atom stereocenters. The molecular formula is C8H11N7S. The van der Waals surface area contributed by atoms with E-state index in [9.17, 15) is 0 Å². The number of aromatic nitrogens is 6. The minimum Gasteiger partial charge on any atom is -0.357 e. The molecule has 16 heavy (non-hydrogen) atoms. The largest absolute Gasteiger partial charge is 0.357 e. The fourth-order valence-electron chi connectivity index (χ4n) is 1.10. The number of rotatable bonds is 3. The van der Waals surface area contributed by atoms with E-state index < -0.39 is 0 Å². The van der Waals surface area contributed by atoms with E-state index in [2.05, 4.69) is 30.8 Å². The molecule has 2 aromatic rings. The van der Waals surface area contributed by atoms with Crippen LogP contribution in [0.1, 0.15) is 5.69 Å². The average Bonchev–Trinajstić information content (AvgIpc) is 2.63. The van der Waals surface area contributed by atoms with Gasteiger partial charge in [0.1, 0.15) is 5.03 Å². The van der Waals surface area contributed by atoms with E-state index in [4.69, 9.17) is 0 Å². The molecule has 2 aromatic heterocycles. The van der Waals surface area contributed by atoms with Crippen LogP contribution in [-0.2, 0) is 7.05 Å². The molecule has 1 N–H and O–H groups in total. The van der Waals surface area contributed by atoms with E-state index in [0.29, 0.717) is 11.1 Å². The van der Waals surface area contributed by atoms with Gasteiger partial charge in [0, 0.05) is 19.8 Å². The van der Waals surface area contributed by atoms with Crippen molar-refractivity contribution in [3.8, 4) is 0 Å². The van der Waals surface area contributed by atoms with Crippen LogP contribution in [0, 0.1) is 6.92 Å². The molecule has 0 fully saturated rings. The molecule has 8 heteroatoms. The number of aryl methyl sites for hydroxylation is 2. The highest BCUT2D eigenvalue weighted by Gasteiger charge is 2.07. The Morgan fingerprint density at radius 1 is 1.38 bits per heavy atom. The first-order chi connectivity index (χ1) is 7.69. The van der Waals surface area contributed by atoms with Crippen LogP contribution in [0.2, 0.25) is 0 Å². The maximum absolute atomic E-state index is 4.30. The van der Waals surface area contributed by atoms with Crippen LogP contribution in [0.5, 0.6) is 0 Å². The highest BCUT2D eigenvalue weighted by atomic mass is 32.2. The SMILES string of the molecule is CNc1nc(C)cc(Sc2nnnn2C)n1. The van der Waals surface area contributed by atoms with Gasteiger partial charge in [-0.2, -0.15) is 0 Å².